The van der Waals surface area contributed by atoms with Crippen molar-refractivity contribution in [3.63, 3.8) is 0 Å². The fourth-order valence-corrected chi connectivity index (χ4v) is 3.64. The number of rotatable bonds is 3. The molecule has 0 saturated heterocycles. The van der Waals surface area contributed by atoms with Gasteiger partial charge in [0.2, 0.25) is 10.0 Å². The van der Waals surface area contributed by atoms with Crippen LogP contribution in [0.1, 0.15) is 24.1 Å². The molecule has 2 aromatic rings. The van der Waals surface area contributed by atoms with Gasteiger partial charge in [-0.3, -0.25) is 4.98 Å². The van der Waals surface area contributed by atoms with Gasteiger partial charge in [0.1, 0.15) is 0 Å². The van der Waals surface area contributed by atoms with Crippen molar-refractivity contribution in [3.05, 3.63) is 71.0 Å². The summed E-state index contributed by atoms with van der Waals surface area (Å²) < 4.78 is 22.9. The van der Waals surface area contributed by atoms with Gasteiger partial charge in [-0.25, -0.2) is 13.6 Å². The van der Waals surface area contributed by atoms with Crippen molar-refractivity contribution >= 4 is 32.8 Å². The average Bonchev–Trinajstić information content (AvgIpc) is 3.19. The van der Waals surface area contributed by atoms with E-state index in [-0.39, 0.29) is 10.3 Å². The molecule has 2 aliphatic rings. The van der Waals surface area contributed by atoms with Crippen LogP contribution < -0.4 is 5.14 Å². The zero-order valence-corrected chi connectivity index (χ0v) is 14.3. The van der Waals surface area contributed by atoms with E-state index in [1.54, 1.807) is 18.3 Å². The van der Waals surface area contributed by atoms with Crippen LogP contribution in [-0.2, 0) is 10.0 Å². The monoisotopic (exact) mass is 358 g/mol. The molecule has 1 heterocycles. The number of aromatic nitrogens is 1. The number of hydrogen-bond acceptors (Lipinski definition) is 3. The Morgan fingerprint density at radius 3 is 2.21 bits per heavy atom. The number of pyridine rings is 1. The minimum Gasteiger partial charge on any atom is -0.255 e. The van der Waals surface area contributed by atoms with Gasteiger partial charge < -0.3 is 0 Å². The second-order valence-electron chi connectivity index (χ2n) is 6.28. The standard InChI is InChI=1S/C18H15ClN2O2S/c19-13-3-6-17(21-11-13)16-10-18(7-8-18)9-15(16)12-1-4-14(5-2-12)24(20,22)23/h1-6,9-11H,7-8H2,(H2,20,22,23). The number of primary sulfonamides is 1. The summed E-state index contributed by atoms with van der Waals surface area (Å²) in [6.45, 7) is 0. The predicted octanol–water partition coefficient (Wildman–Crippen LogP) is 3.64. The van der Waals surface area contributed by atoms with Crippen LogP contribution in [0.5, 0.6) is 0 Å². The Morgan fingerprint density at radius 2 is 1.67 bits per heavy atom. The Bertz CT molecular complexity index is 971. The lowest BCUT2D eigenvalue weighted by Crippen LogP contribution is -2.11. The third-order valence-corrected chi connectivity index (χ3v) is 5.63. The molecular weight excluding hydrogens is 344 g/mol. The SMILES string of the molecule is NS(=O)(=O)c1ccc(C2=CC3(C=C2c2ccc(Cl)cn2)CC3)cc1. The Hall–Kier alpha value is -1.95. The van der Waals surface area contributed by atoms with Gasteiger partial charge in [0, 0.05) is 17.2 Å². The van der Waals surface area contributed by atoms with E-state index in [4.69, 9.17) is 16.7 Å². The second kappa shape index (κ2) is 5.28. The molecule has 0 amide bonds. The molecule has 1 fully saturated rings. The van der Waals surface area contributed by atoms with Crippen LogP contribution in [0, 0.1) is 5.41 Å². The van der Waals surface area contributed by atoms with Crippen LogP contribution in [0.2, 0.25) is 5.02 Å². The van der Waals surface area contributed by atoms with Crippen molar-refractivity contribution in [1.82, 2.24) is 4.98 Å². The summed E-state index contributed by atoms with van der Waals surface area (Å²) >= 11 is 5.93. The highest BCUT2D eigenvalue weighted by Crippen LogP contribution is 2.57. The molecule has 6 heteroatoms. The van der Waals surface area contributed by atoms with Crippen molar-refractivity contribution in [2.45, 2.75) is 17.7 Å². The van der Waals surface area contributed by atoms with Gasteiger partial charge in [-0.1, -0.05) is 35.9 Å². The van der Waals surface area contributed by atoms with Crippen molar-refractivity contribution in [2.24, 2.45) is 10.6 Å². The molecule has 2 aliphatic carbocycles. The van der Waals surface area contributed by atoms with Crippen molar-refractivity contribution in [2.75, 3.05) is 0 Å². The first kappa shape index (κ1) is 15.6. The van der Waals surface area contributed by atoms with Gasteiger partial charge in [0.15, 0.2) is 0 Å². The zero-order chi connectivity index (χ0) is 16.9. The van der Waals surface area contributed by atoms with Crippen LogP contribution in [0.3, 0.4) is 0 Å². The summed E-state index contributed by atoms with van der Waals surface area (Å²) in [5.41, 5.74) is 4.08. The van der Waals surface area contributed by atoms with Gasteiger partial charge in [-0.05, 0) is 48.2 Å². The van der Waals surface area contributed by atoms with Crippen molar-refractivity contribution < 1.29 is 8.42 Å². The molecule has 1 aromatic carbocycles. The van der Waals surface area contributed by atoms with Crippen LogP contribution in [0.25, 0.3) is 11.1 Å². The quantitative estimate of drug-likeness (QED) is 0.910. The first-order valence-electron chi connectivity index (χ1n) is 7.58. The average molecular weight is 359 g/mol. The first-order valence-corrected chi connectivity index (χ1v) is 9.50. The highest BCUT2D eigenvalue weighted by atomic mass is 35.5. The minimum absolute atomic E-state index is 0.112. The Kier molecular flexibility index (Phi) is 3.42. The molecule has 1 saturated carbocycles. The van der Waals surface area contributed by atoms with E-state index in [1.807, 2.05) is 12.1 Å². The minimum atomic E-state index is -3.69. The summed E-state index contributed by atoms with van der Waals surface area (Å²) in [6.07, 6.45) is 8.40. The summed E-state index contributed by atoms with van der Waals surface area (Å²) in [5, 5.41) is 5.77. The van der Waals surface area contributed by atoms with E-state index >= 15 is 0 Å². The number of sulfonamides is 1. The molecule has 0 unspecified atom stereocenters. The number of nitrogens with two attached hydrogens (primary N) is 1. The molecule has 0 atom stereocenters. The number of allylic oxidation sites excluding steroid dienone is 4. The summed E-state index contributed by atoms with van der Waals surface area (Å²) in [4.78, 5) is 4.54. The van der Waals surface area contributed by atoms with Gasteiger partial charge in [0.25, 0.3) is 0 Å². The molecule has 2 N–H and O–H groups in total. The second-order valence-corrected chi connectivity index (χ2v) is 8.28. The lowest BCUT2D eigenvalue weighted by Gasteiger charge is -2.09. The summed E-state index contributed by atoms with van der Waals surface area (Å²) in [6, 6.07) is 10.4. The lowest BCUT2D eigenvalue weighted by atomic mass is 9.98. The zero-order valence-electron chi connectivity index (χ0n) is 12.7. The largest absolute Gasteiger partial charge is 0.255 e. The van der Waals surface area contributed by atoms with E-state index in [1.165, 1.54) is 12.1 Å². The molecule has 0 aliphatic heterocycles. The molecule has 1 aromatic heterocycles. The molecule has 1 spiro atoms. The van der Waals surface area contributed by atoms with Crippen LogP contribution in [-0.4, -0.2) is 13.4 Å². The fourth-order valence-electron chi connectivity index (χ4n) is 3.02. The van der Waals surface area contributed by atoms with Gasteiger partial charge >= 0.3 is 0 Å². The fraction of sp³-hybridized carbons (Fsp3) is 0.167. The number of nitrogens with zero attached hydrogens (tertiary/aromatic N) is 1. The number of hydrogen-bond donors (Lipinski definition) is 1. The topological polar surface area (TPSA) is 73.1 Å². The lowest BCUT2D eigenvalue weighted by molar-refractivity contribution is 0.598. The molecule has 0 bridgehead atoms. The van der Waals surface area contributed by atoms with Gasteiger partial charge in [-0.2, -0.15) is 0 Å². The predicted molar refractivity (Wildman–Crippen MR) is 94.7 cm³/mol. The molecule has 122 valence electrons. The maximum absolute atomic E-state index is 11.4. The highest BCUT2D eigenvalue weighted by molar-refractivity contribution is 7.89. The van der Waals surface area contributed by atoms with Crippen LogP contribution in [0.15, 0.2) is 59.6 Å². The summed E-state index contributed by atoms with van der Waals surface area (Å²) in [5.74, 6) is 0. The Morgan fingerprint density at radius 1 is 1.00 bits per heavy atom. The van der Waals surface area contributed by atoms with Crippen molar-refractivity contribution in [3.8, 4) is 0 Å². The van der Waals surface area contributed by atoms with E-state index in [2.05, 4.69) is 17.1 Å². The van der Waals surface area contributed by atoms with Crippen LogP contribution in [0.4, 0.5) is 0 Å². The Labute approximate surface area is 145 Å². The van der Waals surface area contributed by atoms with E-state index in [0.29, 0.717) is 5.02 Å². The van der Waals surface area contributed by atoms with E-state index in [0.717, 1.165) is 35.2 Å². The third kappa shape index (κ3) is 2.79. The number of halogens is 1. The van der Waals surface area contributed by atoms with Crippen LogP contribution >= 0.6 is 11.6 Å². The molecular formula is C18H15ClN2O2S. The van der Waals surface area contributed by atoms with E-state index in [9.17, 15) is 8.42 Å². The van der Waals surface area contributed by atoms with Gasteiger partial charge in [0.05, 0.1) is 15.6 Å². The Balaban J connectivity index is 1.76. The van der Waals surface area contributed by atoms with Crippen molar-refractivity contribution in [1.29, 1.82) is 0 Å². The smallest absolute Gasteiger partial charge is 0.238 e. The molecule has 0 radical (unpaired) electrons. The highest BCUT2D eigenvalue weighted by Gasteiger charge is 2.43. The molecule has 4 nitrogen and oxygen atoms in total. The summed E-state index contributed by atoms with van der Waals surface area (Å²) in [7, 11) is -3.69. The molecule has 24 heavy (non-hydrogen) atoms. The number of benzene rings is 1. The normalized spacial score (nSPS) is 18.4. The first-order chi connectivity index (χ1) is 11.4. The maximum Gasteiger partial charge on any atom is 0.238 e. The van der Waals surface area contributed by atoms with Gasteiger partial charge in [-0.15, -0.1) is 0 Å². The van der Waals surface area contributed by atoms with E-state index < -0.39 is 10.0 Å². The maximum atomic E-state index is 11.4. The molecule has 4 rings (SSSR count). The third-order valence-electron chi connectivity index (χ3n) is 4.48.